The molecule has 0 saturated heterocycles. The molecule has 2 rings (SSSR count). The third-order valence-electron chi connectivity index (χ3n) is 4.32. The number of imide groups is 1. The first kappa shape index (κ1) is 20.6. The van der Waals surface area contributed by atoms with Crippen molar-refractivity contribution in [1.82, 2.24) is 10.2 Å². The lowest BCUT2D eigenvalue weighted by Gasteiger charge is -2.27. The van der Waals surface area contributed by atoms with E-state index in [1.807, 2.05) is 20.8 Å². The Morgan fingerprint density at radius 2 is 1.63 bits per heavy atom. The van der Waals surface area contributed by atoms with Gasteiger partial charge >= 0.3 is 5.97 Å². The summed E-state index contributed by atoms with van der Waals surface area (Å²) in [7, 11) is 0. The van der Waals surface area contributed by atoms with Crippen molar-refractivity contribution >= 4 is 23.7 Å². The van der Waals surface area contributed by atoms with Crippen molar-refractivity contribution in [2.75, 3.05) is 6.54 Å². The second kappa shape index (κ2) is 8.79. The maximum Gasteiger partial charge on any atom is 0.330 e. The van der Waals surface area contributed by atoms with Crippen molar-refractivity contribution in [2.24, 2.45) is 5.92 Å². The lowest BCUT2D eigenvalue weighted by atomic mass is 10.0. The number of hydrogen-bond acceptors (Lipinski definition) is 5. The highest BCUT2D eigenvalue weighted by Gasteiger charge is 2.44. The predicted molar refractivity (Wildman–Crippen MR) is 99.0 cm³/mol. The number of amides is 3. The van der Waals surface area contributed by atoms with E-state index in [2.05, 4.69) is 5.32 Å². The molecule has 1 aromatic carbocycles. The Balaban J connectivity index is 2.21. The molecule has 0 bridgehead atoms. The van der Waals surface area contributed by atoms with Gasteiger partial charge in [0.15, 0.2) is 6.10 Å². The van der Waals surface area contributed by atoms with Gasteiger partial charge in [-0.1, -0.05) is 32.9 Å². The van der Waals surface area contributed by atoms with Gasteiger partial charge in [-0.3, -0.25) is 19.3 Å². The van der Waals surface area contributed by atoms with Gasteiger partial charge in [-0.15, -0.1) is 0 Å². The number of fused-ring (bicyclic) bond motifs is 1. The van der Waals surface area contributed by atoms with Crippen molar-refractivity contribution in [2.45, 2.75) is 52.7 Å². The molecule has 7 nitrogen and oxygen atoms in total. The normalized spacial score (nSPS) is 15.5. The van der Waals surface area contributed by atoms with Gasteiger partial charge in [-0.2, -0.15) is 0 Å². The third-order valence-corrected chi connectivity index (χ3v) is 4.32. The Labute approximate surface area is 159 Å². The molecule has 0 unspecified atom stereocenters. The summed E-state index contributed by atoms with van der Waals surface area (Å²) in [6.45, 7) is 7.63. The van der Waals surface area contributed by atoms with Crippen LogP contribution in [0.2, 0.25) is 0 Å². The van der Waals surface area contributed by atoms with E-state index >= 15 is 0 Å². The molecule has 0 saturated carbocycles. The molecule has 0 spiro atoms. The van der Waals surface area contributed by atoms with Crippen LogP contribution in [0.15, 0.2) is 24.3 Å². The summed E-state index contributed by atoms with van der Waals surface area (Å²) in [6.07, 6.45) is 0.0132. The first-order valence-electron chi connectivity index (χ1n) is 9.23. The third kappa shape index (κ3) is 4.53. The van der Waals surface area contributed by atoms with Gasteiger partial charge in [-0.05, 0) is 37.8 Å². The van der Waals surface area contributed by atoms with E-state index in [1.54, 1.807) is 24.3 Å². The van der Waals surface area contributed by atoms with Gasteiger partial charge in [-0.25, -0.2) is 4.79 Å². The average Bonchev–Trinajstić information content (AvgIpc) is 2.88. The lowest BCUT2D eigenvalue weighted by Crippen LogP contribution is -2.48. The molecule has 1 N–H and O–H groups in total. The van der Waals surface area contributed by atoms with Crippen molar-refractivity contribution in [3.8, 4) is 0 Å². The Morgan fingerprint density at radius 3 is 2.11 bits per heavy atom. The molecule has 2 atom stereocenters. The first-order chi connectivity index (χ1) is 12.8. The van der Waals surface area contributed by atoms with Gasteiger partial charge < -0.3 is 10.1 Å². The molecule has 1 aliphatic heterocycles. The fourth-order valence-corrected chi connectivity index (χ4v) is 2.94. The molecule has 7 heteroatoms. The summed E-state index contributed by atoms with van der Waals surface area (Å²) < 4.78 is 5.28. The topological polar surface area (TPSA) is 92.8 Å². The van der Waals surface area contributed by atoms with Gasteiger partial charge in [0.05, 0.1) is 11.1 Å². The minimum Gasteiger partial charge on any atom is -0.451 e. The highest BCUT2D eigenvalue weighted by atomic mass is 16.5. The fraction of sp³-hybridized carbons (Fsp3) is 0.500. The van der Waals surface area contributed by atoms with Crippen molar-refractivity contribution < 1.29 is 23.9 Å². The van der Waals surface area contributed by atoms with E-state index in [9.17, 15) is 19.2 Å². The zero-order valence-electron chi connectivity index (χ0n) is 16.2. The monoisotopic (exact) mass is 374 g/mol. The predicted octanol–water partition coefficient (Wildman–Crippen LogP) is 2.16. The summed E-state index contributed by atoms with van der Waals surface area (Å²) in [5.41, 5.74) is 0.551. The smallest absolute Gasteiger partial charge is 0.330 e. The molecule has 146 valence electrons. The summed E-state index contributed by atoms with van der Waals surface area (Å²) in [4.78, 5) is 51.1. The number of nitrogens with zero attached hydrogens (tertiary/aromatic N) is 1. The van der Waals surface area contributed by atoms with E-state index in [-0.39, 0.29) is 23.5 Å². The summed E-state index contributed by atoms with van der Waals surface area (Å²) in [5.74, 6) is -2.15. The fourth-order valence-electron chi connectivity index (χ4n) is 2.94. The van der Waals surface area contributed by atoms with Crippen molar-refractivity contribution in [3.05, 3.63) is 35.4 Å². The number of carbonyl (C=O) groups is 4. The number of ether oxygens (including phenoxy) is 1. The summed E-state index contributed by atoms with van der Waals surface area (Å²) >= 11 is 0. The largest absolute Gasteiger partial charge is 0.451 e. The molecular formula is C20H26N2O5. The van der Waals surface area contributed by atoms with Crippen LogP contribution in [0.4, 0.5) is 0 Å². The van der Waals surface area contributed by atoms with E-state index in [0.717, 1.165) is 11.3 Å². The van der Waals surface area contributed by atoms with Crippen LogP contribution in [0.3, 0.4) is 0 Å². The van der Waals surface area contributed by atoms with Gasteiger partial charge in [0, 0.05) is 6.54 Å². The average molecular weight is 374 g/mol. The summed E-state index contributed by atoms with van der Waals surface area (Å²) in [6, 6.07) is 5.40. The van der Waals surface area contributed by atoms with Crippen LogP contribution in [0.25, 0.3) is 0 Å². The number of carbonyl (C=O) groups excluding carboxylic acids is 4. The molecule has 27 heavy (non-hydrogen) atoms. The molecular weight excluding hydrogens is 348 g/mol. The second-order valence-corrected chi connectivity index (χ2v) is 7.04. The molecule has 1 heterocycles. The van der Waals surface area contributed by atoms with E-state index in [0.29, 0.717) is 6.54 Å². The van der Waals surface area contributed by atoms with E-state index in [4.69, 9.17) is 4.74 Å². The number of hydrogen-bond donors (Lipinski definition) is 1. The van der Waals surface area contributed by atoms with Gasteiger partial charge in [0.2, 0.25) is 0 Å². The van der Waals surface area contributed by atoms with Crippen LogP contribution in [0.1, 0.15) is 61.3 Å². The molecule has 0 aliphatic carbocycles. The zero-order chi connectivity index (χ0) is 20.1. The first-order valence-corrected chi connectivity index (χ1v) is 9.23. The molecule has 0 radical (unpaired) electrons. The molecule has 1 aliphatic rings. The number of esters is 1. The highest BCUT2D eigenvalue weighted by molar-refractivity contribution is 6.22. The molecule has 3 amide bonds. The minimum atomic E-state index is -1.07. The Bertz CT molecular complexity index is 709. The molecule has 1 aromatic rings. The van der Waals surface area contributed by atoms with Crippen molar-refractivity contribution in [3.63, 3.8) is 0 Å². The molecule has 0 aromatic heterocycles. The second-order valence-electron chi connectivity index (χ2n) is 7.04. The van der Waals surface area contributed by atoms with Gasteiger partial charge in [0.1, 0.15) is 6.04 Å². The van der Waals surface area contributed by atoms with Gasteiger partial charge in [0.25, 0.3) is 17.7 Å². The quantitative estimate of drug-likeness (QED) is 0.556. The lowest BCUT2D eigenvalue weighted by molar-refractivity contribution is -0.159. The maximum absolute atomic E-state index is 12.7. The van der Waals surface area contributed by atoms with E-state index < -0.39 is 35.8 Å². The standard InChI is InChI=1S/C20H26N2O5/c1-5-10-21-17(23)13(4)27-20(26)16(11-12(2)3)22-18(24)14-8-6-7-9-15(14)19(22)25/h6-9,12-13,16H,5,10-11H2,1-4H3,(H,21,23)/t13-,16-/m1/s1. The Kier molecular flexibility index (Phi) is 6.71. The van der Waals surface area contributed by atoms with Crippen LogP contribution < -0.4 is 5.32 Å². The number of nitrogens with one attached hydrogen (secondary N) is 1. The van der Waals surface area contributed by atoms with Crippen LogP contribution in [-0.2, 0) is 14.3 Å². The van der Waals surface area contributed by atoms with Crippen LogP contribution >= 0.6 is 0 Å². The molecule has 0 fully saturated rings. The minimum absolute atomic E-state index is 0.0380. The number of benzene rings is 1. The SMILES string of the molecule is CCCNC(=O)[C@@H](C)OC(=O)[C@@H](CC(C)C)N1C(=O)c2ccccc2C1=O. The van der Waals surface area contributed by atoms with Crippen molar-refractivity contribution in [1.29, 1.82) is 0 Å². The van der Waals surface area contributed by atoms with Crippen LogP contribution in [0.5, 0.6) is 0 Å². The highest BCUT2D eigenvalue weighted by Crippen LogP contribution is 2.27. The van der Waals surface area contributed by atoms with Crippen LogP contribution in [-0.4, -0.2) is 47.3 Å². The summed E-state index contributed by atoms with van der Waals surface area (Å²) in [5, 5.41) is 2.65. The van der Waals surface area contributed by atoms with E-state index in [1.165, 1.54) is 6.92 Å². The number of rotatable bonds is 8. The Morgan fingerprint density at radius 1 is 1.07 bits per heavy atom. The zero-order valence-corrected chi connectivity index (χ0v) is 16.2. The van der Waals surface area contributed by atoms with Crippen LogP contribution in [0, 0.1) is 5.92 Å². The maximum atomic E-state index is 12.7. The Hall–Kier alpha value is -2.70.